The molecule has 0 bridgehead atoms. The summed E-state index contributed by atoms with van der Waals surface area (Å²) in [5, 5.41) is 8.36. The van der Waals surface area contributed by atoms with Gasteiger partial charge < -0.3 is 15.0 Å². The normalized spacial score (nSPS) is 13.2. The largest absolute Gasteiger partial charge is 0.461 e. The molecule has 0 fully saturated rings. The maximum absolute atomic E-state index is 13.4. The summed E-state index contributed by atoms with van der Waals surface area (Å²) in [6.45, 7) is 12.7. The highest BCUT2D eigenvalue weighted by atomic mass is 35.5. The topological polar surface area (TPSA) is 76.5 Å². The molecular formula is C28H31ClN4O3. The molecule has 1 N–H and O–H groups in total. The third-order valence-electron chi connectivity index (χ3n) is 6.38. The lowest BCUT2D eigenvalue weighted by atomic mass is 9.91. The summed E-state index contributed by atoms with van der Waals surface area (Å²) >= 11 is 6.06. The van der Waals surface area contributed by atoms with Crippen LogP contribution in [0.15, 0.2) is 55.1 Å². The van der Waals surface area contributed by atoms with Crippen molar-refractivity contribution < 1.29 is 14.3 Å². The number of benzene rings is 2. The highest BCUT2D eigenvalue weighted by molar-refractivity contribution is 6.30. The van der Waals surface area contributed by atoms with Gasteiger partial charge in [0.1, 0.15) is 0 Å². The lowest BCUT2D eigenvalue weighted by Crippen LogP contribution is -2.49. The number of hydrogen-bond donors (Lipinski definition) is 1. The van der Waals surface area contributed by atoms with Crippen molar-refractivity contribution >= 4 is 29.2 Å². The Balaban J connectivity index is 1.61. The Labute approximate surface area is 216 Å². The predicted octanol–water partition coefficient (Wildman–Crippen LogP) is 5.74. The molecule has 0 unspecified atom stereocenters. The zero-order chi connectivity index (χ0) is 26.0. The van der Waals surface area contributed by atoms with E-state index in [1.165, 1.54) is 0 Å². The fourth-order valence-electron chi connectivity index (χ4n) is 4.34. The maximum Gasteiger partial charge on any atom is 0.359 e. The maximum atomic E-state index is 13.4. The van der Waals surface area contributed by atoms with Crippen LogP contribution in [0.5, 0.6) is 0 Å². The molecule has 1 aliphatic heterocycles. The molecule has 0 spiro atoms. The summed E-state index contributed by atoms with van der Waals surface area (Å²) in [6, 6.07) is 15.1. The number of nitrogens with zero attached hydrogens (tertiary/aromatic N) is 3. The van der Waals surface area contributed by atoms with Gasteiger partial charge in [-0.2, -0.15) is 5.10 Å². The number of ether oxygens (including phenoxy) is 1. The lowest BCUT2D eigenvalue weighted by molar-refractivity contribution is 0.0516. The second kappa shape index (κ2) is 10.2. The van der Waals surface area contributed by atoms with Crippen molar-refractivity contribution in [3.8, 4) is 5.69 Å². The highest BCUT2D eigenvalue weighted by Crippen LogP contribution is 2.28. The Morgan fingerprint density at radius 1 is 1.19 bits per heavy atom. The fourth-order valence-corrected chi connectivity index (χ4v) is 4.47. The number of esters is 1. The van der Waals surface area contributed by atoms with Gasteiger partial charge >= 0.3 is 12.0 Å². The number of carbonyl (C=O) groups is 2. The van der Waals surface area contributed by atoms with E-state index in [0.29, 0.717) is 23.6 Å². The summed E-state index contributed by atoms with van der Waals surface area (Å²) in [5.74, 6) is -0.499. The number of fused-ring (bicyclic) bond motifs is 1. The molecule has 2 aromatic carbocycles. The molecule has 2 heterocycles. The van der Waals surface area contributed by atoms with Crippen LogP contribution in [0.2, 0.25) is 5.02 Å². The van der Waals surface area contributed by atoms with Crippen molar-refractivity contribution in [1.82, 2.24) is 20.0 Å². The number of carbonyl (C=O) groups excluding carboxylic acids is 2. The van der Waals surface area contributed by atoms with Crippen LogP contribution in [0.4, 0.5) is 4.79 Å². The second-order valence-corrected chi connectivity index (χ2v) is 9.91. The molecule has 7 nitrogen and oxygen atoms in total. The molecule has 0 saturated heterocycles. The Morgan fingerprint density at radius 3 is 2.58 bits per heavy atom. The van der Waals surface area contributed by atoms with Gasteiger partial charge in [0.15, 0.2) is 5.69 Å². The molecule has 0 atom stereocenters. The molecule has 0 saturated carbocycles. The van der Waals surface area contributed by atoms with Gasteiger partial charge in [-0.1, -0.05) is 42.0 Å². The first-order valence-corrected chi connectivity index (χ1v) is 12.4. The van der Waals surface area contributed by atoms with E-state index < -0.39 is 11.5 Å². The Hall–Kier alpha value is -3.58. The monoisotopic (exact) mass is 506 g/mol. The number of amides is 2. The first kappa shape index (κ1) is 25.5. The Bertz CT molecular complexity index is 1310. The zero-order valence-corrected chi connectivity index (χ0v) is 21.9. The predicted molar refractivity (Wildman–Crippen MR) is 141 cm³/mol. The van der Waals surface area contributed by atoms with E-state index in [0.717, 1.165) is 28.1 Å². The van der Waals surface area contributed by atoms with E-state index in [4.69, 9.17) is 16.3 Å². The molecule has 2 amide bonds. The second-order valence-electron chi connectivity index (χ2n) is 9.47. The minimum atomic E-state index is -0.611. The average molecular weight is 507 g/mol. The van der Waals surface area contributed by atoms with Crippen molar-refractivity contribution in [2.24, 2.45) is 0 Å². The van der Waals surface area contributed by atoms with Gasteiger partial charge in [0.25, 0.3) is 0 Å². The quantitative estimate of drug-likeness (QED) is 0.432. The van der Waals surface area contributed by atoms with Crippen molar-refractivity contribution in [2.75, 3.05) is 13.2 Å². The molecule has 188 valence electrons. The number of halogens is 1. The number of aromatic nitrogens is 2. The third kappa shape index (κ3) is 5.16. The van der Waals surface area contributed by atoms with Crippen LogP contribution in [-0.4, -0.2) is 39.8 Å². The van der Waals surface area contributed by atoms with Gasteiger partial charge in [-0.25, -0.2) is 14.3 Å². The summed E-state index contributed by atoms with van der Waals surface area (Å²) < 4.78 is 7.02. The first-order valence-electron chi connectivity index (χ1n) is 12.0. The summed E-state index contributed by atoms with van der Waals surface area (Å²) in [4.78, 5) is 27.8. The molecule has 1 aromatic heterocycles. The van der Waals surface area contributed by atoms with Crippen LogP contribution in [0, 0.1) is 0 Å². The van der Waals surface area contributed by atoms with Crippen LogP contribution in [-0.2, 0) is 23.2 Å². The van der Waals surface area contributed by atoms with Crippen molar-refractivity contribution in [2.45, 2.75) is 46.2 Å². The number of allylic oxidation sites excluding steroid dienone is 1. The minimum Gasteiger partial charge on any atom is -0.461 e. The number of urea groups is 1. The van der Waals surface area contributed by atoms with Gasteiger partial charge in [-0.3, -0.25) is 0 Å². The molecule has 8 heteroatoms. The molecule has 36 heavy (non-hydrogen) atoms. The lowest BCUT2D eigenvalue weighted by Gasteiger charge is -2.33. The van der Waals surface area contributed by atoms with E-state index in [9.17, 15) is 9.59 Å². The van der Waals surface area contributed by atoms with E-state index in [1.54, 1.807) is 28.6 Å². The average Bonchev–Trinajstić information content (AvgIpc) is 3.23. The molecule has 1 aliphatic rings. The van der Waals surface area contributed by atoms with Crippen LogP contribution in [0.25, 0.3) is 11.3 Å². The Morgan fingerprint density at radius 2 is 1.92 bits per heavy atom. The zero-order valence-electron chi connectivity index (χ0n) is 21.1. The molecular weight excluding hydrogens is 476 g/mol. The van der Waals surface area contributed by atoms with E-state index >= 15 is 0 Å². The van der Waals surface area contributed by atoms with E-state index in [1.807, 2.05) is 57.2 Å². The van der Waals surface area contributed by atoms with Crippen molar-refractivity contribution in [1.29, 1.82) is 0 Å². The van der Waals surface area contributed by atoms with E-state index in [2.05, 4.69) is 17.0 Å². The van der Waals surface area contributed by atoms with Crippen molar-refractivity contribution in [3.63, 3.8) is 0 Å². The number of hydrogen-bond acceptors (Lipinski definition) is 4. The molecule has 0 radical (unpaired) electrons. The SMILES string of the molecule is C=C(C)c1cccc(C(C)(C)NC(=O)N2CCc3c(c(C(=O)OCC)nn3-c3ccc(Cl)cc3)C2)c1. The van der Waals surface area contributed by atoms with Gasteiger partial charge in [-0.05, 0) is 69.2 Å². The number of nitrogens with one attached hydrogen (secondary N) is 1. The van der Waals surface area contributed by atoms with Crippen LogP contribution in [0.3, 0.4) is 0 Å². The summed E-state index contributed by atoms with van der Waals surface area (Å²) in [6.07, 6.45) is 0.545. The smallest absolute Gasteiger partial charge is 0.359 e. The minimum absolute atomic E-state index is 0.208. The molecule has 3 aromatic rings. The van der Waals surface area contributed by atoms with Crippen LogP contribution < -0.4 is 5.32 Å². The summed E-state index contributed by atoms with van der Waals surface area (Å²) in [5.41, 5.74) is 4.98. The third-order valence-corrected chi connectivity index (χ3v) is 6.63. The number of rotatable bonds is 6. The molecule has 0 aliphatic carbocycles. The highest BCUT2D eigenvalue weighted by Gasteiger charge is 2.33. The van der Waals surface area contributed by atoms with Gasteiger partial charge in [0, 0.05) is 23.6 Å². The standard InChI is InChI=1S/C28H31ClN4O3/c1-6-36-26(34)25-23-17-32(15-14-24(23)33(31-25)22-12-10-21(29)11-13-22)27(35)30-28(4,5)20-9-7-8-19(16-20)18(2)3/h7-13,16H,2,6,14-15,17H2,1,3-5H3,(H,30,35). The van der Waals surface area contributed by atoms with Crippen LogP contribution >= 0.6 is 11.6 Å². The fraction of sp³-hybridized carbons (Fsp3) is 0.321. The van der Waals surface area contributed by atoms with Crippen molar-refractivity contribution in [3.05, 3.63) is 88.2 Å². The Kier molecular flexibility index (Phi) is 7.22. The van der Waals surface area contributed by atoms with Gasteiger partial charge in [0.05, 0.1) is 30.1 Å². The van der Waals surface area contributed by atoms with Gasteiger partial charge in [-0.15, -0.1) is 0 Å². The molecule has 4 rings (SSSR count). The summed E-state index contributed by atoms with van der Waals surface area (Å²) in [7, 11) is 0. The van der Waals surface area contributed by atoms with Gasteiger partial charge in [0.2, 0.25) is 0 Å². The van der Waals surface area contributed by atoms with E-state index in [-0.39, 0.29) is 24.9 Å². The van der Waals surface area contributed by atoms with Crippen LogP contribution in [0.1, 0.15) is 60.6 Å². The first-order chi connectivity index (χ1) is 17.1.